The highest BCUT2D eigenvalue weighted by Gasteiger charge is 2.52. The molecule has 0 spiro atoms. The standard InChI is InChI=1S/C18H26N2O6/c1-17(2,3)26-16(24)18(7-4-8-18)15(23)19-9-11-25-12-10-20-13(21)5-6-14(20)22/h5-6H,4,7-12H2,1-3H3,(H,19,23). The van der Waals surface area contributed by atoms with Gasteiger partial charge in [0.2, 0.25) is 5.91 Å². The summed E-state index contributed by atoms with van der Waals surface area (Å²) in [7, 11) is 0. The van der Waals surface area contributed by atoms with Crippen molar-refractivity contribution in [1.82, 2.24) is 10.2 Å². The molecule has 8 heteroatoms. The second-order valence-corrected chi connectivity index (χ2v) is 7.47. The van der Waals surface area contributed by atoms with Crippen molar-refractivity contribution in [3.05, 3.63) is 12.2 Å². The molecular weight excluding hydrogens is 340 g/mol. The zero-order valence-corrected chi connectivity index (χ0v) is 15.5. The summed E-state index contributed by atoms with van der Waals surface area (Å²) in [5.41, 5.74) is -1.73. The normalized spacial score (nSPS) is 18.7. The van der Waals surface area contributed by atoms with E-state index in [1.165, 1.54) is 12.2 Å². The lowest BCUT2D eigenvalue weighted by Gasteiger charge is -2.39. The summed E-state index contributed by atoms with van der Waals surface area (Å²) in [5.74, 6) is -1.52. The van der Waals surface area contributed by atoms with Crippen molar-refractivity contribution in [2.75, 3.05) is 26.3 Å². The molecule has 0 bridgehead atoms. The van der Waals surface area contributed by atoms with Crippen molar-refractivity contribution < 1.29 is 28.7 Å². The van der Waals surface area contributed by atoms with E-state index in [9.17, 15) is 19.2 Å². The molecule has 2 aliphatic rings. The second-order valence-electron chi connectivity index (χ2n) is 7.47. The van der Waals surface area contributed by atoms with E-state index >= 15 is 0 Å². The molecule has 8 nitrogen and oxygen atoms in total. The number of ether oxygens (including phenoxy) is 2. The monoisotopic (exact) mass is 366 g/mol. The number of carbonyl (C=O) groups excluding carboxylic acids is 4. The lowest BCUT2D eigenvalue weighted by Crippen LogP contribution is -2.53. The smallest absolute Gasteiger partial charge is 0.322 e. The van der Waals surface area contributed by atoms with Crippen molar-refractivity contribution in [3.8, 4) is 0 Å². The average Bonchev–Trinajstić information content (AvgIpc) is 2.79. The number of carbonyl (C=O) groups is 4. The Kier molecular flexibility index (Phi) is 6.17. The molecule has 0 aromatic carbocycles. The fraction of sp³-hybridized carbons (Fsp3) is 0.667. The van der Waals surface area contributed by atoms with Crippen molar-refractivity contribution in [1.29, 1.82) is 0 Å². The summed E-state index contributed by atoms with van der Waals surface area (Å²) < 4.78 is 10.7. The molecule has 2 rings (SSSR count). The van der Waals surface area contributed by atoms with Gasteiger partial charge in [0.25, 0.3) is 11.8 Å². The van der Waals surface area contributed by atoms with Crippen LogP contribution < -0.4 is 5.32 Å². The largest absolute Gasteiger partial charge is 0.459 e. The van der Waals surface area contributed by atoms with Gasteiger partial charge in [-0.2, -0.15) is 0 Å². The fourth-order valence-corrected chi connectivity index (χ4v) is 2.75. The molecular formula is C18H26N2O6. The number of nitrogens with one attached hydrogen (secondary N) is 1. The topological polar surface area (TPSA) is 102 Å². The van der Waals surface area contributed by atoms with Gasteiger partial charge in [0.1, 0.15) is 11.0 Å². The number of imide groups is 1. The molecule has 0 aromatic heterocycles. The lowest BCUT2D eigenvalue weighted by atomic mass is 9.68. The summed E-state index contributed by atoms with van der Waals surface area (Å²) in [6.45, 7) is 6.13. The Morgan fingerprint density at radius 1 is 1.15 bits per heavy atom. The lowest BCUT2D eigenvalue weighted by molar-refractivity contribution is -0.177. The van der Waals surface area contributed by atoms with Crippen LogP contribution in [0.15, 0.2) is 12.2 Å². The van der Waals surface area contributed by atoms with Gasteiger partial charge in [-0.25, -0.2) is 0 Å². The first kappa shape index (κ1) is 20.1. The van der Waals surface area contributed by atoms with Crippen LogP contribution in [-0.4, -0.2) is 60.5 Å². The van der Waals surface area contributed by atoms with Crippen LogP contribution in [0.2, 0.25) is 0 Å². The van der Waals surface area contributed by atoms with E-state index < -0.39 is 17.0 Å². The quantitative estimate of drug-likeness (QED) is 0.291. The molecule has 0 saturated heterocycles. The predicted octanol–water partition coefficient (Wildman–Crippen LogP) is 0.556. The highest BCUT2D eigenvalue weighted by molar-refractivity contribution is 6.12. The molecule has 0 atom stereocenters. The van der Waals surface area contributed by atoms with Crippen LogP contribution in [0.25, 0.3) is 0 Å². The van der Waals surface area contributed by atoms with E-state index in [1.807, 2.05) is 0 Å². The minimum Gasteiger partial charge on any atom is -0.459 e. The van der Waals surface area contributed by atoms with Gasteiger partial charge < -0.3 is 14.8 Å². The SMILES string of the molecule is CC(C)(C)OC(=O)C1(C(=O)NCCOCCN2C(=O)C=CC2=O)CCC1. The summed E-state index contributed by atoms with van der Waals surface area (Å²) in [5, 5.41) is 2.71. The molecule has 0 unspecified atom stereocenters. The zero-order chi connectivity index (χ0) is 19.4. The van der Waals surface area contributed by atoms with Crippen LogP contribution in [0.1, 0.15) is 40.0 Å². The summed E-state index contributed by atoms with van der Waals surface area (Å²) in [4.78, 5) is 48.6. The van der Waals surface area contributed by atoms with Crippen LogP contribution >= 0.6 is 0 Å². The van der Waals surface area contributed by atoms with Crippen LogP contribution in [0.3, 0.4) is 0 Å². The number of amides is 3. The molecule has 1 saturated carbocycles. The van der Waals surface area contributed by atoms with E-state index in [0.29, 0.717) is 12.8 Å². The fourth-order valence-electron chi connectivity index (χ4n) is 2.75. The maximum absolute atomic E-state index is 12.4. The minimum absolute atomic E-state index is 0.167. The first-order chi connectivity index (χ1) is 12.2. The number of esters is 1. The number of hydrogen-bond acceptors (Lipinski definition) is 6. The van der Waals surface area contributed by atoms with Crippen molar-refractivity contribution in [2.24, 2.45) is 5.41 Å². The van der Waals surface area contributed by atoms with Gasteiger partial charge in [-0.1, -0.05) is 6.42 Å². The molecule has 1 heterocycles. The first-order valence-electron chi connectivity index (χ1n) is 8.79. The van der Waals surface area contributed by atoms with Gasteiger partial charge in [-0.05, 0) is 33.6 Å². The Balaban J connectivity index is 1.68. The van der Waals surface area contributed by atoms with Gasteiger partial charge in [-0.3, -0.25) is 24.1 Å². The molecule has 3 amide bonds. The predicted molar refractivity (Wildman–Crippen MR) is 91.8 cm³/mol. The van der Waals surface area contributed by atoms with Crippen molar-refractivity contribution in [3.63, 3.8) is 0 Å². The van der Waals surface area contributed by atoms with Crippen molar-refractivity contribution in [2.45, 2.75) is 45.6 Å². The molecule has 1 aliphatic heterocycles. The maximum atomic E-state index is 12.4. The molecule has 0 aromatic rings. The third kappa shape index (κ3) is 4.69. The number of hydrogen-bond donors (Lipinski definition) is 1. The highest BCUT2D eigenvalue weighted by Crippen LogP contribution is 2.43. The Morgan fingerprint density at radius 2 is 1.77 bits per heavy atom. The third-order valence-electron chi connectivity index (χ3n) is 4.32. The minimum atomic E-state index is -1.09. The van der Waals surface area contributed by atoms with Gasteiger partial charge in [0.05, 0.1) is 19.8 Å². The van der Waals surface area contributed by atoms with E-state index in [-0.39, 0.29) is 44.0 Å². The highest BCUT2D eigenvalue weighted by atomic mass is 16.6. The maximum Gasteiger partial charge on any atom is 0.322 e. The molecule has 1 fully saturated rings. The van der Waals surface area contributed by atoms with Crippen LogP contribution in [0, 0.1) is 5.41 Å². The first-order valence-corrected chi connectivity index (χ1v) is 8.79. The van der Waals surface area contributed by atoms with Gasteiger partial charge in [0, 0.05) is 18.7 Å². The Morgan fingerprint density at radius 3 is 2.27 bits per heavy atom. The number of nitrogens with zero attached hydrogens (tertiary/aromatic N) is 1. The van der Waals surface area contributed by atoms with Gasteiger partial charge >= 0.3 is 5.97 Å². The van der Waals surface area contributed by atoms with E-state index in [4.69, 9.17) is 9.47 Å². The molecule has 144 valence electrons. The Hall–Kier alpha value is -2.22. The van der Waals surface area contributed by atoms with E-state index in [2.05, 4.69) is 5.32 Å². The molecule has 1 aliphatic carbocycles. The van der Waals surface area contributed by atoms with E-state index in [0.717, 1.165) is 11.3 Å². The zero-order valence-electron chi connectivity index (χ0n) is 15.5. The summed E-state index contributed by atoms with van der Waals surface area (Å²) in [6.07, 6.45) is 4.23. The Bertz CT molecular complexity index is 598. The van der Waals surface area contributed by atoms with Crippen LogP contribution in [0.4, 0.5) is 0 Å². The molecule has 26 heavy (non-hydrogen) atoms. The van der Waals surface area contributed by atoms with Gasteiger partial charge in [-0.15, -0.1) is 0 Å². The Labute approximate surface area is 152 Å². The second kappa shape index (κ2) is 7.99. The summed E-state index contributed by atoms with van der Waals surface area (Å²) in [6, 6.07) is 0. The van der Waals surface area contributed by atoms with E-state index in [1.54, 1.807) is 20.8 Å². The van der Waals surface area contributed by atoms with Crippen LogP contribution in [0.5, 0.6) is 0 Å². The number of rotatable bonds is 8. The molecule has 1 N–H and O–H groups in total. The average molecular weight is 366 g/mol. The molecule has 0 radical (unpaired) electrons. The van der Waals surface area contributed by atoms with Gasteiger partial charge in [0.15, 0.2) is 0 Å². The van der Waals surface area contributed by atoms with Crippen LogP contribution in [-0.2, 0) is 28.7 Å². The third-order valence-corrected chi connectivity index (χ3v) is 4.32. The van der Waals surface area contributed by atoms with Crippen molar-refractivity contribution >= 4 is 23.7 Å². The summed E-state index contributed by atoms with van der Waals surface area (Å²) >= 11 is 0.